The van der Waals surface area contributed by atoms with Crippen molar-refractivity contribution in [2.45, 2.75) is 19.9 Å². The molecule has 94 valence electrons. The molecule has 0 bridgehead atoms. The first-order valence-electron chi connectivity index (χ1n) is 4.67. The molecule has 1 amide bonds. The average molecular weight is 252 g/mol. The van der Waals surface area contributed by atoms with Gasteiger partial charge in [-0.05, 0) is 13.8 Å². The maximum Gasteiger partial charge on any atom is 0.325 e. The van der Waals surface area contributed by atoms with Crippen molar-refractivity contribution < 1.29 is 23.1 Å². The fourth-order valence-electron chi connectivity index (χ4n) is 0.870. The Labute approximate surface area is 94.5 Å². The van der Waals surface area contributed by atoms with Crippen LogP contribution in [0.4, 0.5) is 0 Å². The van der Waals surface area contributed by atoms with Gasteiger partial charge in [0, 0.05) is 7.05 Å². The third kappa shape index (κ3) is 4.58. The van der Waals surface area contributed by atoms with E-state index >= 15 is 0 Å². The van der Waals surface area contributed by atoms with E-state index in [1.54, 1.807) is 0 Å². The van der Waals surface area contributed by atoms with Crippen molar-refractivity contribution in [3.8, 4) is 0 Å². The van der Waals surface area contributed by atoms with Crippen molar-refractivity contribution >= 4 is 21.9 Å². The molecule has 16 heavy (non-hydrogen) atoms. The number of likely N-dealkylation sites (N-methyl/N-ethyl adjacent to an activating group) is 1. The Hall–Kier alpha value is -1.15. The fraction of sp³-hybridized carbons (Fsp3) is 0.750. The lowest BCUT2D eigenvalue weighted by Crippen LogP contribution is -2.44. The van der Waals surface area contributed by atoms with Crippen LogP contribution in [0.5, 0.6) is 0 Å². The number of rotatable bonds is 6. The van der Waals surface area contributed by atoms with Gasteiger partial charge in [0.1, 0.15) is 6.04 Å². The molecule has 0 saturated heterocycles. The molecule has 0 rings (SSSR count). The predicted octanol–water partition coefficient (Wildman–Crippen LogP) is -1.14. The van der Waals surface area contributed by atoms with E-state index < -0.39 is 27.9 Å². The molecule has 0 aliphatic carbocycles. The van der Waals surface area contributed by atoms with Crippen LogP contribution in [0.15, 0.2) is 0 Å². The number of amides is 1. The summed E-state index contributed by atoms with van der Waals surface area (Å²) in [4.78, 5) is 21.7. The van der Waals surface area contributed by atoms with Crippen LogP contribution in [0.2, 0.25) is 0 Å². The maximum absolute atomic E-state index is 11.3. The summed E-state index contributed by atoms with van der Waals surface area (Å²) in [6.07, 6.45) is 0. The van der Waals surface area contributed by atoms with E-state index in [0.29, 0.717) is 0 Å². The molecule has 0 aromatic carbocycles. The summed E-state index contributed by atoms with van der Waals surface area (Å²) in [7, 11) is -2.16. The normalized spacial score (nSPS) is 13.5. The zero-order chi connectivity index (χ0) is 12.9. The lowest BCUT2D eigenvalue weighted by molar-refractivity contribution is -0.141. The Morgan fingerprint density at radius 1 is 1.44 bits per heavy atom. The molecule has 0 saturated carbocycles. The number of sulfonamides is 1. The topological polar surface area (TPSA) is 104 Å². The Kier molecular flexibility index (Phi) is 5.39. The lowest BCUT2D eigenvalue weighted by atomic mass is 10.3. The molecule has 0 unspecified atom stereocenters. The second kappa shape index (κ2) is 5.80. The fourth-order valence-corrected chi connectivity index (χ4v) is 1.62. The first-order chi connectivity index (χ1) is 7.20. The van der Waals surface area contributed by atoms with E-state index in [0.717, 1.165) is 4.31 Å². The number of nitrogens with zero attached hydrogens (tertiary/aromatic N) is 1. The molecule has 2 N–H and O–H groups in total. The Morgan fingerprint density at radius 2 is 1.94 bits per heavy atom. The maximum atomic E-state index is 11.3. The molecule has 0 radical (unpaired) electrons. The van der Waals surface area contributed by atoms with Gasteiger partial charge in [-0.3, -0.25) is 9.59 Å². The van der Waals surface area contributed by atoms with Gasteiger partial charge in [-0.1, -0.05) is 0 Å². The number of hydrogen-bond donors (Lipinski definition) is 2. The largest absolute Gasteiger partial charge is 0.480 e. The van der Waals surface area contributed by atoms with Gasteiger partial charge >= 0.3 is 5.97 Å². The number of aliphatic carboxylic acids is 1. The second-order valence-corrected chi connectivity index (χ2v) is 5.65. The summed E-state index contributed by atoms with van der Waals surface area (Å²) in [5.74, 6) is -1.92. The summed E-state index contributed by atoms with van der Waals surface area (Å²) in [6.45, 7) is 2.38. The number of nitrogens with one attached hydrogen (secondary N) is 1. The minimum absolute atomic E-state index is 0.106. The average Bonchev–Trinajstić information content (AvgIpc) is 2.17. The number of carbonyl (C=O) groups is 2. The molecule has 8 heteroatoms. The van der Waals surface area contributed by atoms with E-state index in [2.05, 4.69) is 5.32 Å². The van der Waals surface area contributed by atoms with Crippen LogP contribution in [-0.4, -0.2) is 55.1 Å². The highest BCUT2D eigenvalue weighted by molar-refractivity contribution is 7.89. The van der Waals surface area contributed by atoms with Crippen molar-refractivity contribution in [1.29, 1.82) is 0 Å². The highest BCUT2D eigenvalue weighted by Gasteiger charge is 2.20. The standard InChI is InChI=1S/C8H16N2O5S/c1-4-16(14,15)10(3)5-7(11)9-6(2)8(12)13/h6H,4-5H2,1-3H3,(H,9,11)(H,12,13)/t6-/m1/s1. The van der Waals surface area contributed by atoms with Gasteiger partial charge in [0.05, 0.1) is 12.3 Å². The summed E-state index contributed by atoms with van der Waals surface area (Å²) in [5, 5.41) is 10.7. The van der Waals surface area contributed by atoms with Crippen LogP contribution in [0.1, 0.15) is 13.8 Å². The number of carbonyl (C=O) groups excluding carboxylic acids is 1. The van der Waals surface area contributed by atoms with Crippen LogP contribution in [0.25, 0.3) is 0 Å². The Morgan fingerprint density at radius 3 is 2.31 bits per heavy atom. The molecule has 0 fully saturated rings. The predicted molar refractivity (Wildman–Crippen MR) is 57.3 cm³/mol. The third-order valence-corrected chi connectivity index (χ3v) is 3.76. The summed E-state index contributed by atoms with van der Waals surface area (Å²) < 4.78 is 23.5. The third-order valence-electron chi connectivity index (χ3n) is 1.95. The Bertz CT molecular complexity index is 365. The van der Waals surface area contributed by atoms with Gasteiger partial charge in [0.25, 0.3) is 0 Å². The zero-order valence-electron chi connectivity index (χ0n) is 9.43. The Balaban J connectivity index is 4.32. The molecule has 0 spiro atoms. The lowest BCUT2D eigenvalue weighted by Gasteiger charge is -2.16. The smallest absolute Gasteiger partial charge is 0.325 e. The number of carboxylic acid groups (broad SMARTS) is 1. The summed E-state index contributed by atoms with van der Waals surface area (Å²) >= 11 is 0. The van der Waals surface area contributed by atoms with Crippen molar-refractivity contribution in [3.63, 3.8) is 0 Å². The molecule has 7 nitrogen and oxygen atoms in total. The summed E-state index contributed by atoms with van der Waals surface area (Å²) in [5.41, 5.74) is 0. The minimum Gasteiger partial charge on any atom is -0.480 e. The SMILES string of the molecule is CCS(=O)(=O)N(C)CC(=O)N[C@H](C)C(=O)O. The first kappa shape index (κ1) is 14.8. The van der Waals surface area contributed by atoms with Gasteiger partial charge in [0.2, 0.25) is 15.9 Å². The molecular weight excluding hydrogens is 236 g/mol. The molecule has 0 aliphatic rings. The quantitative estimate of drug-likeness (QED) is 0.621. The number of hydrogen-bond acceptors (Lipinski definition) is 4. The minimum atomic E-state index is -3.42. The van der Waals surface area contributed by atoms with Crippen molar-refractivity contribution in [2.75, 3.05) is 19.3 Å². The molecule has 1 atom stereocenters. The van der Waals surface area contributed by atoms with Crippen LogP contribution in [-0.2, 0) is 19.6 Å². The highest BCUT2D eigenvalue weighted by atomic mass is 32.2. The molecule has 0 heterocycles. The van der Waals surface area contributed by atoms with Gasteiger partial charge < -0.3 is 10.4 Å². The van der Waals surface area contributed by atoms with E-state index in [1.165, 1.54) is 20.9 Å². The molecular formula is C8H16N2O5S. The number of carboxylic acids is 1. The molecule has 0 aromatic heterocycles. The molecule has 0 aromatic rings. The van der Waals surface area contributed by atoms with E-state index in [1.807, 2.05) is 0 Å². The first-order valence-corrected chi connectivity index (χ1v) is 6.27. The molecule has 0 aliphatic heterocycles. The van der Waals surface area contributed by atoms with Crippen LogP contribution >= 0.6 is 0 Å². The van der Waals surface area contributed by atoms with Gasteiger partial charge in [-0.15, -0.1) is 0 Å². The van der Waals surface area contributed by atoms with Crippen LogP contribution < -0.4 is 5.32 Å². The van der Waals surface area contributed by atoms with E-state index in [9.17, 15) is 18.0 Å². The van der Waals surface area contributed by atoms with Gasteiger partial charge in [0.15, 0.2) is 0 Å². The second-order valence-electron chi connectivity index (χ2n) is 3.28. The zero-order valence-corrected chi connectivity index (χ0v) is 10.2. The monoisotopic (exact) mass is 252 g/mol. The van der Waals surface area contributed by atoms with Gasteiger partial charge in [-0.25, -0.2) is 8.42 Å². The van der Waals surface area contributed by atoms with E-state index in [-0.39, 0.29) is 12.3 Å². The van der Waals surface area contributed by atoms with Crippen LogP contribution in [0.3, 0.4) is 0 Å². The van der Waals surface area contributed by atoms with Crippen molar-refractivity contribution in [1.82, 2.24) is 9.62 Å². The van der Waals surface area contributed by atoms with Gasteiger partial charge in [-0.2, -0.15) is 4.31 Å². The van der Waals surface area contributed by atoms with Crippen molar-refractivity contribution in [2.24, 2.45) is 0 Å². The van der Waals surface area contributed by atoms with Crippen molar-refractivity contribution in [3.05, 3.63) is 0 Å². The van der Waals surface area contributed by atoms with E-state index in [4.69, 9.17) is 5.11 Å². The van der Waals surface area contributed by atoms with Crippen LogP contribution in [0, 0.1) is 0 Å². The highest BCUT2D eigenvalue weighted by Crippen LogP contribution is 1.96. The summed E-state index contributed by atoms with van der Waals surface area (Å²) in [6, 6.07) is -1.04.